The largest absolute Gasteiger partial charge is 0.0838 e. The maximum absolute atomic E-state index is 2.62. The van der Waals surface area contributed by atoms with Gasteiger partial charge in [-0.1, -0.05) is 106 Å². The summed E-state index contributed by atoms with van der Waals surface area (Å²) < 4.78 is 0. The molecule has 3 aliphatic rings. The number of aryl methyl sites for hydroxylation is 2. The molecule has 0 aromatic heterocycles. The van der Waals surface area contributed by atoms with E-state index < -0.39 is 0 Å². The lowest BCUT2D eigenvalue weighted by Crippen LogP contribution is -2.27. The first-order chi connectivity index (χ1) is 15.7. The Morgan fingerprint density at radius 1 is 0.576 bits per heavy atom. The highest BCUT2D eigenvalue weighted by Gasteiger charge is 2.56. The molecule has 3 aliphatic carbocycles. The van der Waals surface area contributed by atoms with Crippen molar-refractivity contribution in [3.63, 3.8) is 0 Å². The molecule has 0 bridgehead atoms. The third kappa shape index (κ3) is 4.02. The minimum atomic E-state index is 0.185. The number of fused-ring (bicyclic) bond motifs is 5. The summed E-state index contributed by atoms with van der Waals surface area (Å²) in [5.74, 6) is 0. The van der Waals surface area contributed by atoms with Crippen molar-refractivity contribution in [2.45, 2.75) is 124 Å². The molecular weight excluding hydrogens is 396 g/mol. The molecule has 5 rings (SSSR count). The molecule has 0 radical (unpaired) electrons. The predicted molar refractivity (Wildman–Crippen MR) is 147 cm³/mol. The molecule has 0 aliphatic heterocycles. The zero-order valence-corrected chi connectivity index (χ0v) is 23.2. The predicted octanol–water partition coefficient (Wildman–Crippen LogP) is 9.17. The Morgan fingerprint density at radius 2 is 0.939 bits per heavy atom. The van der Waals surface area contributed by atoms with Crippen molar-refractivity contribution in [1.82, 2.24) is 0 Å². The molecule has 1 atom stereocenters. The molecule has 2 aromatic rings. The molecule has 180 valence electrons. The topological polar surface area (TPSA) is 0 Å². The summed E-state index contributed by atoms with van der Waals surface area (Å²) in [5, 5.41) is 0. The monoisotopic (exact) mass is 444 g/mol. The minimum absolute atomic E-state index is 0.185. The highest BCUT2D eigenvalue weighted by Crippen LogP contribution is 2.63. The van der Waals surface area contributed by atoms with Crippen molar-refractivity contribution in [2.24, 2.45) is 0 Å². The quantitative estimate of drug-likeness (QED) is 0.405. The summed E-state index contributed by atoms with van der Waals surface area (Å²) in [6, 6.07) is 10.4. The van der Waals surface area contributed by atoms with Crippen LogP contribution in [0, 0.1) is 0 Å². The van der Waals surface area contributed by atoms with Crippen molar-refractivity contribution in [3.8, 4) is 0 Å². The van der Waals surface area contributed by atoms with Gasteiger partial charge in [-0.2, -0.15) is 0 Å². The van der Waals surface area contributed by atoms with E-state index in [0.717, 1.165) is 25.7 Å². The second-order valence-corrected chi connectivity index (χ2v) is 11.1. The van der Waals surface area contributed by atoms with Crippen LogP contribution < -0.4 is 0 Å². The van der Waals surface area contributed by atoms with Crippen molar-refractivity contribution in [1.29, 1.82) is 0 Å². The van der Waals surface area contributed by atoms with E-state index in [-0.39, 0.29) is 16.2 Å². The van der Waals surface area contributed by atoms with Crippen LogP contribution in [0.1, 0.15) is 127 Å². The Labute approximate surface area is 204 Å². The van der Waals surface area contributed by atoms with Crippen LogP contribution in [0.25, 0.3) is 0 Å². The lowest BCUT2D eigenvalue weighted by Gasteiger charge is -2.31. The first kappa shape index (κ1) is 25.8. The molecule has 1 spiro atoms. The van der Waals surface area contributed by atoms with Gasteiger partial charge in [-0.15, -0.1) is 0 Å². The van der Waals surface area contributed by atoms with Gasteiger partial charge in [0, 0.05) is 5.41 Å². The highest BCUT2D eigenvalue weighted by molar-refractivity contribution is 5.63. The van der Waals surface area contributed by atoms with Gasteiger partial charge in [0.05, 0.1) is 0 Å². The van der Waals surface area contributed by atoms with Crippen molar-refractivity contribution < 1.29 is 0 Å². The summed E-state index contributed by atoms with van der Waals surface area (Å²) in [5.41, 5.74) is 13.4. The van der Waals surface area contributed by atoms with E-state index in [4.69, 9.17) is 0 Å². The second kappa shape index (κ2) is 9.44. The molecule has 2 aromatic carbocycles. The van der Waals surface area contributed by atoms with Gasteiger partial charge >= 0.3 is 0 Å². The van der Waals surface area contributed by atoms with Crippen LogP contribution >= 0.6 is 0 Å². The molecule has 33 heavy (non-hydrogen) atoms. The van der Waals surface area contributed by atoms with Gasteiger partial charge in [0.1, 0.15) is 0 Å². The molecule has 0 saturated heterocycles. The zero-order valence-electron chi connectivity index (χ0n) is 23.2. The van der Waals surface area contributed by atoms with E-state index in [1.54, 1.807) is 44.5 Å². The number of hydrogen-bond donors (Lipinski definition) is 0. The molecule has 0 nitrogen and oxygen atoms in total. The van der Waals surface area contributed by atoms with Crippen LogP contribution in [0.15, 0.2) is 36.4 Å². The van der Waals surface area contributed by atoms with Crippen molar-refractivity contribution in [3.05, 3.63) is 80.9 Å². The SMILES string of the molecule is CC.CC.CCc1cc2c(cc1CC)C1(CC2(C)C)CC(C)(C)c2cc3c(cc21)CC=CC3. The lowest BCUT2D eigenvalue weighted by molar-refractivity contribution is 0.349. The molecule has 0 heteroatoms. The summed E-state index contributed by atoms with van der Waals surface area (Å²) in [6.45, 7) is 22.6. The second-order valence-electron chi connectivity index (χ2n) is 11.1. The van der Waals surface area contributed by atoms with Gasteiger partial charge in [-0.05, 0) is 93.9 Å². The standard InChI is InChI=1S/C29H36.2C2H6/c1-7-19-13-23-25(14-20(19)8-2)29(17-27(23,3)4)18-28(5,6)24-15-21-11-9-10-12-22(21)16-26(24)29;2*1-2/h9-10,13-16H,7-8,11-12,17-18H2,1-6H3;2*1-2H3. The lowest BCUT2D eigenvalue weighted by atomic mass is 9.72. The average molecular weight is 445 g/mol. The van der Waals surface area contributed by atoms with E-state index in [1.165, 1.54) is 12.8 Å². The van der Waals surface area contributed by atoms with Gasteiger partial charge in [-0.25, -0.2) is 0 Å². The fourth-order valence-corrected chi connectivity index (χ4v) is 7.04. The van der Waals surface area contributed by atoms with Gasteiger partial charge in [0.2, 0.25) is 0 Å². The maximum atomic E-state index is 2.62. The van der Waals surface area contributed by atoms with Gasteiger partial charge in [0.25, 0.3) is 0 Å². The summed E-state index contributed by atoms with van der Waals surface area (Å²) in [7, 11) is 0. The van der Waals surface area contributed by atoms with E-state index in [9.17, 15) is 0 Å². The Hall–Kier alpha value is -1.82. The van der Waals surface area contributed by atoms with Crippen LogP contribution in [0.2, 0.25) is 0 Å². The Kier molecular flexibility index (Phi) is 7.38. The molecule has 0 fully saturated rings. The van der Waals surface area contributed by atoms with Crippen LogP contribution in [0.5, 0.6) is 0 Å². The number of allylic oxidation sites excluding steroid dienone is 2. The van der Waals surface area contributed by atoms with E-state index >= 15 is 0 Å². The number of benzene rings is 2. The van der Waals surface area contributed by atoms with Crippen LogP contribution in [0.4, 0.5) is 0 Å². The summed E-state index contributed by atoms with van der Waals surface area (Å²) >= 11 is 0. The Balaban J connectivity index is 0.000000728. The summed E-state index contributed by atoms with van der Waals surface area (Å²) in [4.78, 5) is 0. The van der Waals surface area contributed by atoms with Crippen LogP contribution in [0.3, 0.4) is 0 Å². The maximum Gasteiger partial charge on any atom is 0.0225 e. The van der Waals surface area contributed by atoms with Crippen molar-refractivity contribution in [2.75, 3.05) is 0 Å². The molecule has 0 saturated carbocycles. The molecular formula is C33H48. The number of rotatable bonds is 2. The Morgan fingerprint density at radius 3 is 1.39 bits per heavy atom. The van der Waals surface area contributed by atoms with Crippen molar-refractivity contribution >= 4 is 0 Å². The van der Waals surface area contributed by atoms with Crippen LogP contribution in [-0.4, -0.2) is 0 Å². The number of hydrogen-bond acceptors (Lipinski definition) is 0. The fourth-order valence-electron chi connectivity index (χ4n) is 7.04. The van der Waals surface area contributed by atoms with E-state index in [1.807, 2.05) is 27.7 Å². The van der Waals surface area contributed by atoms with Gasteiger partial charge in [0.15, 0.2) is 0 Å². The van der Waals surface area contributed by atoms with Gasteiger partial charge in [-0.3, -0.25) is 0 Å². The fraction of sp³-hybridized carbons (Fsp3) is 0.576. The van der Waals surface area contributed by atoms with Crippen LogP contribution in [-0.2, 0) is 41.9 Å². The average Bonchev–Trinajstić information content (AvgIpc) is 3.18. The third-order valence-electron chi connectivity index (χ3n) is 8.26. The first-order valence-electron chi connectivity index (χ1n) is 13.7. The van der Waals surface area contributed by atoms with E-state index in [0.29, 0.717) is 0 Å². The molecule has 1 unspecified atom stereocenters. The molecule has 0 N–H and O–H groups in total. The third-order valence-corrected chi connectivity index (χ3v) is 8.26. The smallest absolute Gasteiger partial charge is 0.0225 e. The highest BCUT2D eigenvalue weighted by atomic mass is 14.6. The minimum Gasteiger partial charge on any atom is -0.0838 e. The summed E-state index contributed by atoms with van der Waals surface area (Å²) in [6.07, 6.45) is 11.7. The van der Waals surface area contributed by atoms with E-state index in [2.05, 4.69) is 78.0 Å². The molecule has 0 heterocycles. The molecule has 0 amide bonds. The Bertz CT molecular complexity index is 1030. The first-order valence-corrected chi connectivity index (χ1v) is 13.7. The zero-order chi connectivity index (χ0) is 24.6. The normalized spacial score (nSPS) is 22.5. The van der Waals surface area contributed by atoms with Gasteiger partial charge < -0.3 is 0 Å².